The summed E-state index contributed by atoms with van der Waals surface area (Å²) >= 11 is 0. The maximum Gasteiger partial charge on any atom is 0.306 e. The number of aliphatic hydroxyl groups excluding tert-OH is 5. The fourth-order valence-corrected chi connectivity index (χ4v) is 8.69. The summed E-state index contributed by atoms with van der Waals surface area (Å²) in [6.45, 7) is 5.52. The molecule has 0 aromatic heterocycles. The monoisotopic (exact) mass is 1060 g/mol. The summed E-state index contributed by atoms with van der Waals surface area (Å²) in [4.78, 5) is 26.5. The predicted octanol–water partition coefficient (Wildman–Crippen LogP) is 14.1. The smallest absolute Gasteiger partial charge is 0.306 e. The van der Waals surface area contributed by atoms with Gasteiger partial charge in [-0.1, -0.05) is 226 Å². The number of carbonyl (C=O) groups excluding carboxylic acids is 2. The summed E-state index contributed by atoms with van der Waals surface area (Å²) in [7, 11) is 0. The van der Waals surface area contributed by atoms with Crippen molar-refractivity contribution in [3.8, 4) is 0 Å². The first-order valence-corrected chi connectivity index (χ1v) is 30.2. The maximum absolute atomic E-state index is 13.4. The van der Waals surface area contributed by atoms with Gasteiger partial charge in [0, 0.05) is 6.42 Å². The molecule has 1 fully saturated rings. The van der Waals surface area contributed by atoms with Crippen LogP contribution in [-0.4, -0.2) is 99.6 Å². The van der Waals surface area contributed by atoms with E-state index in [9.17, 15) is 35.1 Å². The number of rotatable bonds is 49. The van der Waals surface area contributed by atoms with Gasteiger partial charge in [-0.25, -0.2) is 0 Å². The second-order valence-corrected chi connectivity index (χ2v) is 20.3. The van der Waals surface area contributed by atoms with Crippen LogP contribution in [0.4, 0.5) is 0 Å². The Balaban J connectivity index is 2.70. The molecular formula is C65H109NO10. The van der Waals surface area contributed by atoms with Crippen LogP contribution in [0.25, 0.3) is 0 Å². The van der Waals surface area contributed by atoms with Crippen LogP contribution in [-0.2, 0) is 23.8 Å². The zero-order chi connectivity index (χ0) is 55.4. The molecule has 1 aliphatic heterocycles. The number of carbonyl (C=O) groups is 2. The third kappa shape index (κ3) is 39.6. The maximum atomic E-state index is 13.4. The van der Waals surface area contributed by atoms with Crippen molar-refractivity contribution in [2.45, 2.75) is 275 Å². The van der Waals surface area contributed by atoms with Gasteiger partial charge in [0.15, 0.2) is 12.4 Å². The number of nitrogens with one attached hydrogen (secondary N) is 1. The van der Waals surface area contributed by atoms with Gasteiger partial charge >= 0.3 is 5.97 Å². The van der Waals surface area contributed by atoms with Crippen LogP contribution in [0.2, 0.25) is 0 Å². The Labute approximate surface area is 462 Å². The molecule has 0 saturated carbocycles. The molecule has 11 heteroatoms. The lowest BCUT2D eigenvalue weighted by atomic mass is 9.99. The van der Waals surface area contributed by atoms with Crippen molar-refractivity contribution in [2.75, 3.05) is 13.2 Å². The summed E-state index contributed by atoms with van der Waals surface area (Å²) < 4.78 is 17.6. The average Bonchev–Trinajstić information content (AvgIpc) is 3.42. The van der Waals surface area contributed by atoms with Crippen LogP contribution in [0.15, 0.2) is 109 Å². The Hall–Kier alpha value is -3.68. The minimum atomic E-state index is -1.63. The molecule has 1 rings (SSSR count). The van der Waals surface area contributed by atoms with E-state index in [4.69, 9.17) is 14.2 Å². The van der Waals surface area contributed by atoms with Gasteiger partial charge in [-0.15, -0.1) is 0 Å². The van der Waals surface area contributed by atoms with Crippen LogP contribution in [0.1, 0.15) is 226 Å². The first-order valence-electron chi connectivity index (χ1n) is 30.2. The lowest BCUT2D eigenvalue weighted by molar-refractivity contribution is -0.305. The van der Waals surface area contributed by atoms with Crippen molar-refractivity contribution in [2.24, 2.45) is 0 Å². The van der Waals surface area contributed by atoms with Gasteiger partial charge in [-0.2, -0.15) is 0 Å². The van der Waals surface area contributed by atoms with E-state index in [0.717, 1.165) is 135 Å². The Kier molecular flexibility index (Phi) is 48.2. The first-order chi connectivity index (χ1) is 37.2. The number of unbranched alkanes of at least 4 members (excludes halogenated alkanes) is 19. The molecule has 0 aromatic rings. The van der Waals surface area contributed by atoms with E-state index in [1.165, 1.54) is 44.9 Å². The third-order valence-electron chi connectivity index (χ3n) is 13.4. The summed E-state index contributed by atoms with van der Waals surface area (Å²) in [6, 6.07) is -1.05. The quantitative estimate of drug-likeness (QED) is 0.0195. The van der Waals surface area contributed by atoms with Crippen LogP contribution < -0.4 is 5.32 Å². The van der Waals surface area contributed by atoms with Crippen LogP contribution in [0.5, 0.6) is 0 Å². The van der Waals surface area contributed by atoms with Gasteiger partial charge in [0.25, 0.3) is 0 Å². The third-order valence-corrected chi connectivity index (χ3v) is 13.4. The number of aliphatic hydroxyl groups is 5. The van der Waals surface area contributed by atoms with Gasteiger partial charge in [0.1, 0.15) is 24.4 Å². The summed E-state index contributed by atoms with van der Waals surface area (Å²) in [5.74, 6) is -1.24. The van der Waals surface area contributed by atoms with Gasteiger partial charge in [-0.3, -0.25) is 9.59 Å². The Morgan fingerprint density at radius 3 is 1.42 bits per heavy atom. The second-order valence-electron chi connectivity index (χ2n) is 20.3. The number of allylic oxidation sites excluding steroid dienone is 17. The molecule has 8 atom stereocenters. The van der Waals surface area contributed by atoms with E-state index in [1.807, 2.05) is 6.08 Å². The predicted molar refractivity (Wildman–Crippen MR) is 315 cm³/mol. The van der Waals surface area contributed by atoms with Gasteiger partial charge in [-0.05, 0) is 103 Å². The summed E-state index contributed by atoms with van der Waals surface area (Å²) in [6.07, 6.45) is 59.9. The molecule has 6 N–H and O–H groups in total. The molecule has 1 aliphatic rings. The van der Waals surface area contributed by atoms with Crippen molar-refractivity contribution in [1.29, 1.82) is 0 Å². The van der Waals surface area contributed by atoms with Crippen molar-refractivity contribution < 1.29 is 49.3 Å². The Morgan fingerprint density at radius 2 is 0.947 bits per heavy atom. The van der Waals surface area contributed by atoms with Gasteiger partial charge < -0.3 is 45.1 Å². The van der Waals surface area contributed by atoms with E-state index in [-0.39, 0.29) is 19.4 Å². The van der Waals surface area contributed by atoms with Crippen molar-refractivity contribution in [1.82, 2.24) is 5.32 Å². The molecule has 0 aromatic carbocycles. The van der Waals surface area contributed by atoms with Gasteiger partial charge in [0.2, 0.25) is 5.91 Å². The zero-order valence-corrected chi connectivity index (χ0v) is 47.8. The van der Waals surface area contributed by atoms with E-state index in [2.05, 4.69) is 123 Å². The highest BCUT2D eigenvalue weighted by Crippen LogP contribution is 2.26. The van der Waals surface area contributed by atoms with E-state index >= 15 is 0 Å². The van der Waals surface area contributed by atoms with Crippen molar-refractivity contribution in [3.63, 3.8) is 0 Å². The van der Waals surface area contributed by atoms with Crippen molar-refractivity contribution in [3.05, 3.63) is 109 Å². The minimum absolute atomic E-state index is 0.105. The molecule has 434 valence electrons. The topological polar surface area (TPSA) is 175 Å². The minimum Gasteiger partial charge on any atom is -0.454 e. The summed E-state index contributed by atoms with van der Waals surface area (Å²) in [5.41, 5.74) is 0. The second kappa shape index (κ2) is 52.0. The lowest BCUT2D eigenvalue weighted by Crippen LogP contribution is -2.61. The largest absolute Gasteiger partial charge is 0.454 e. The molecule has 0 spiro atoms. The van der Waals surface area contributed by atoms with E-state index in [1.54, 1.807) is 6.08 Å². The number of ether oxygens (including phenoxy) is 3. The van der Waals surface area contributed by atoms with Crippen LogP contribution in [0.3, 0.4) is 0 Å². The van der Waals surface area contributed by atoms with Crippen molar-refractivity contribution >= 4 is 11.9 Å². The normalized spacial score (nSPS) is 19.9. The van der Waals surface area contributed by atoms with E-state index in [0.29, 0.717) is 12.8 Å². The van der Waals surface area contributed by atoms with E-state index < -0.39 is 67.4 Å². The highest BCUT2D eigenvalue weighted by atomic mass is 16.7. The number of esters is 1. The van der Waals surface area contributed by atoms with Crippen LogP contribution >= 0.6 is 0 Å². The zero-order valence-electron chi connectivity index (χ0n) is 47.8. The number of amides is 1. The highest BCUT2D eigenvalue weighted by Gasteiger charge is 2.47. The number of hydrogen-bond acceptors (Lipinski definition) is 10. The standard InChI is InChI=1S/C65H109NO10/c1-4-7-10-13-16-19-22-24-26-27-28-29-30-31-32-33-34-37-40-43-46-49-52-58(69)64(73)66-56(57(68)51-48-45-42-39-36-21-18-15-12-9-6-3)55-74-65-63(62(72)61(71)59(54-67)75-65)76-60(70)53-50-47-44-41-38-35-25-23-20-17-14-11-8-5-2/h7-8,10-11,16-17,19-20,24,26,28-29,31-32,34,37,48,51,56-59,61-63,65,67-69,71-72H,4-6,9,12-15,18,21-23,25,27,30,33,35-36,38-47,49-50,52-55H2,1-3H3,(H,66,73)/b10-7-,11-8+,19-16-,20-17+,26-24-,29-28-,32-31-,37-34-,51-48+. The Morgan fingerprint density at radius 1 is 0.526 bits per heavy atom. The first kappa shape index (κ1) is 70.3. The molecule has 1 saturated heterocycles. The average molecular weight is 1060 g/mol. The molecule has 1 amide bonds. The molecule has 76 heavy (non-hydrogen) atoms. The molecule has 0 aliphatic carbocycles. The molecule has 11 nitrogen and oxygen atoms in total. The fourth-order valence-electron chi connectivity index (χ4n) is 8.69. The molecule has 0 bridgehead atoms. The van der Waals surface area contributed by atoms with Gasteiger partial charge in [0.05, 0.1) is 25.4 Å². The Bertz CT molecular complexity index is 1650. The SMILES string of the molecule is CC/C=C\C/C=C\C/C=C\C/C=C\C/C=C\C/C=C\CCCCCC(O)C(=O)NC(COC1OC(CO)C(O)C(O)C1OC(=O)CCCCCCCCC/C=C/C/C=C/CC)C(O)/C=C/CCCCCCCCCCC. The summed E-state index contributed by atoms with van der Waals surface area (Å²) in [5, 5.41) is 56.9. The molecule has 0 radical (unpaired) electrons. The number of hydrogen-bond donors (Lipinski definition) is 6. The lowest BCUT2D eigenvalue weighted by Gasteiger charge is -2.41. The van der Waals surface area contributed by atoms with Crippen LogP contribution in [0, 0.1) is 0 Å². The molecule has 1 heterocycles. The highest BCUT2D eigenvalue weighted by molar-refractivity contribution is 5.80. The molecule has 8 unspecified atom stereocenters. The fraction of sp³-hybridized carbons (Fsp3) is 0.692. The molecular weight excluding hydrogens is 955 g/mol.